The number of Topliss-reactive ketones (excluding diaryl/α,β-unsaturated/α-hetero) is 2. The van der Waals surface area contributed by atoms with Crippen LogP contribution in [0.2, 0.25) is 0 Å². The van der Waals surface area contributed by atoms with Gasteiger partial charge in [-0.25, -0.2) is 0 Å². The molecule has 0 aromatic heterocycles. The zero-order chi connectivity index (χ0) is 25.0. The molecule has 0 bridgehead atoms. The minimum atomic E-state index is -0.468. The van der Waals surface area contributed by atoms with Gasteiger partial charge < -0.3 is 19.7 Å². The zero-order valence-corrected chi connectivity index (χ0v) is 22.6. The van der Waals surface area contributed by atoms with Crippen molar-refractivity contribution in [3.8, 4) is 0 Å². The standard InChI is InChI=1S/2C8H14O3.2C3H8O.Ti/c2*1-8(2,3)6(9)5-7(10)11-4;2*1-2-3-4;/h2*5H2,1-4H3;2*4H,2-3H2,1H3;. The fraction of sp³-hybridized carbons (Fsp3) is 0.818. The summed E-state index contributed by atoms with van der Waals surface area (Å²) in [4.78, 5) is 43.5. The molecule has 0 aliphatic heterocycles. The predicted molar refractivity (Wildman–Crippen MR) is 117 cm³/mol. The molecule has 0 aliphatic carbocycles. The van der Waals surface area contributed by atoms with Crippen molar-refractivity contribution in [1.82, 2.24) is 0 Å². The van der Waals surface area contributed by atoms with Crippen molar-refractivity contribution in [2.75, 3.05) is 27.4 Å². The average molecular weight is 484 g/mol. The van der Waals surface area contributed by atoms with Gasteiger partial charge >= 0.3 is 11.9 Å². The Morgan fingerprint density at radius 2 is 0.839 bits per heavy atom. The van der Waals surface area contributed by atoms with Gasteiger partial charge in [0.2, 0.25) is 0 Å². The van der Waals surface area contributed by atoms with Crippen molar-refractivity contribution < 1.29 is 60.6 Å². The molecule has 0 spiro atoms. The van der Waals surface area contributed by atoms with Crippen LogP contribution < -0.4 is 0 Å². The molecule has 2 N–H and O–H groups in total. The third-order valence-electron chi connectivity index (χ3n) is 3.19. The molecular weight excluding hydrogens is 440 g/mol. The number of rotatable bonds is 6. The van der Waals surface area contributed by atoms with E-state index in [1.807, 2.05) is 13.8 Å². The molecular formula is C22H44O8Ti. The Balaban J connectivity index is -0.000000106. The quantitative estimate of drug-likeness (QED) is 0.335. The first-order valence-electron chi connectivity index (χ1n) is 10.0. The normalized spacial score (nSPS) is 9.68. The van der Waals surface area contributed by atoms with Gasteiger partial charge in [-0.2, -0.15) is 0 Å². The zero-order valence-electron chi connectivity index (χ0n) is 21.1. The second kappa shape index (κ2) is 23.6. The Kier molecular flexibility index (Phi) is 30.6. The monoisotopic (exact) mass is 484 g/mol. The first-order valence-corrected chi connectivity index (χ1v) is 10.0. The maximum atomic E-state index is 11.1. The van der Waals surface area contributed by atoms with Gasteiger partial charge in [0.25, 0.3) is 0 Å². The number of hydrogen-bond donors (Lipinski definition) is 2. The Morgan fingerprint density at radius 3 is 0.935 bits per heavy atom. The van der Waals surface area contributed by atoms with Crippen molar-refractivity contribution in [3.63, 3.8) is 0 Å². The van der Waals surface area contributed by atoms with E-state index in [9.17, 15) is 19.2 Å². The summed E-state index contributed by atoms with van der Waals surface area (Å²) >= 11 is 0. The summed E-state index contributed by atoms with van der Waals surface area (Å²) in [6, 6.07) is 0. The minimum Gasteiger partial charge on any atom is -0.469 e. The van der Waals surface area contributed by atoms with Crippen LogP contribution in [0.15, 0.2) is 0 Å². The summed E-state index contributed by atoms with van der Waals surface area (Å²) < 4.78 is 8.71. The molecule has 8 nitrogen and oxygen atoms in total. The van der Waals surface area contributed by atoms with Gasteiger partial charge in [0, 0.05) is 45.8 Å². The molecule has 0 fully saturated rings. The molecule has 0 aliphatic rings. The number of esters is 2. The summed E-state index contributed by atoms with van der Waals surface area (Å²) in [7, 11) is 2.55. The molecule has 0 radical (unpaired) electrons. The van der Waals surface area contributed by atoms with E-state index in [0.29, 0.717) is 13.2 Å². The van der Waals surface area contributed by atoms with Crippen LogP contribution in [0.25, 0.3) is 0 Å². The number of aliphatic hydroxyl groups excluding tert-OH is 2. The fourth-order valence-electron chi connectivity index (χ4n) is 0.937. The van der Waals surface area contributed by atoms with Gasteiger partial charge in [-0.15, -0.1) is 0 Å². The van der Waals surface area contributed by atoms with Crippen molar-refractivity contribution in [2.45, 2.75) is 81.1 Å². The van der Waals surface area contributed by atoms with Crippen LogP contribution in [0.5, 0.6) is 0 Å². The Labute approximate surface area is 203 Å². The number of hydrogen-bond acceptors (Lipinski definition) is 8. The van der Waals surface area contributed by atoms with Crippen molar-refractivity contribution in [3.05, 3.63) is 0 Å². The SMILES string of the molecule is CCCO.CCCO.COC(=O)CC(=O)C(C)(C)C.COC(=O)CC(=O)C(C)(C)C.[Ti]. The number of ether oxygens (including phenoxy) is 2. The van der Waals surface area contributed by atoms with E-state index in [2.05, 4.69) is 9.47 Å². The van der Waals surface area contributed by atoms with Crippen molar-refractivity contribution in [2.24, 2.45) is 10.8 Å². The topological polar surface area (TPSA) is 127 Å². The molecule has 0 heterocycles. The van der Waals surface area contributed by atoms with E-state index in [-0.39, 0.29) is 46.1 Å². The second-order valence-corrected chi connectivity index (χ2v) is 8.30. The Hall–Kier alpha value is -1.09. The fourth-order valence-corrected chi connectivity index (χ4v) is 0.937. The summed E-state index contributed by atoms with van der Waals surface area (Å²) in [5.41, 5.74) is -0.900. The number of ketones is 2. The molecule has 0 amide bonds. The van der Waals surface area contributed by atoms with Crippen LogP contribution in [0.1, 0.15) is 81.1 Å². The van der Waals surface area contributed by atoms with Crippen LogP contribution in [-0.4, -0.2) is 61.2 Å². The van der Waals surface area contributed by atoms with Crippen LogP contribution in [0.3, 0.4) is 0 Å². The van der Waals surface area contributed by atoms with E-state index < -0.39 is 22.8 Å². The number of carbonyl (C=O) groups is 4. The van der Waals surface area contributed by atoms with Gasteiger partial charge in [0.05, 0.1) is 14.2 Å². The second-order valence-electron chi connectivity index (χ2n) is 8.30. The maximum absolute atomic E-state index is 11.1. The predicted octanol–water partition coefficient (Wildman–Crippen LogP) is 3.10. The van der Waals surface area contributed by atoms with Gasteiger partial charge in [-0.1, -0.05) is 55.4 Å². The summed E-state index contributed by atoms with van der Waals surface area (Å²) in [5, 5.41) is 15.8. The van der Waals surface area contributed by atoms with E-state index in [0.717, 1.165) is 12.8 Å². The molecule has 0 rings (SSSR count). The van der Waals surface area contributed by atoms with Crippen molar-refractivity contribution in [1.29, 1.82) is 0 Å². The third kappa shape index (κ3) is 33.7. The first kappa shape index (κ1) is 40.3. The van der Waals surface area contributed by atoms with Crippen LogP contribution >= 0.6 is 0 Å². The minimum absolute atomic E-state index is 0. The maximum Gasteiger partial charge on any atom is 0.313 e. The molecule has 0 aromatic rings. The summed E-state index contributed by atoms with van der Waals surface area (Å²) in [6.07, 6.45) is 1.50. The van der Waals surface area contributed by atoms with Crippen LogP contribution in [-0.2, 0) is 50.4 Å². The van der Waals surface area contributed by atoms with E-state index in [1.54, 1.807) is 41.5 Å². The molecule has 9 heteroatoms. The molecule has 184 valence electrons. The molecule has 0 saturated carbocycles. The molecule has 0 unspecified atom stereocenters. The van der Waals surface area contributed by atoms with E-state index >= 15 is 0 Å². The van der Waals surface area contributed by atoms with Gasteiger partial charge in [0.15, 0.2) is 0 Å². The van der Waals surface area contributed by atoms with E-state index in [1.165, 1.54) is 14.2 Å². The smallest absolute Gasteiger partial charge is 0.313 e. The third-order valence-corrected chi connectivity index (χ3v) is 3.19. The average Bonchev–Trinajstić information content (AvgIpc) is 2.66. The van der Waals surface area contributed by atoms with Crippen LogP contribution in [0.4, 0.5) is 0 Å². The molecule has 0 atom stereocenters. The van der Waals surface area contributed by atoms with Crippen molar-refractivity contribution >= 4 is 23.5 Å². The summed E-state index contributed by atoms with van der Waals surface area (Å²) in [6.45, 7) is 15.2. The Morgan fingerprint density at radius 1 is 0.645 bits per heavy atom. The van der Waals surface area contributed by atoms with Gasteiger partial charge in [0.1, 0.15) is 24.4 Å². The first-order chi connectivity index (χ1) is 13.6. The van der Waals surface area contributed by atoms with Gasteiger partial charge in [-0.3, -0.25) is 19.2 Å². The number of carbonyl (C=O) groups excluding carboxylic acids is 4. The molecule has 0 saturated heterocycles. The number of aliphatic hydroxyl groups is 2. The number of methoxy groups -OCH3 is 2. The van der Waals surface area contributed by atoms with E-state index in [4.69, 9.17) is 10.2 Å². The molecule has 31 heavy (non-hydrogen) atoms. The summed E-state index contributed by atoms with van der Waals surface area (Å²) in [5.74, 6) is -1.12. The van der Waals surface area contributed by atoms with Crippen LogP contribution in [0, 0.1) is 10.8 Å². The van der Waals surface area contributed by atoms with Gasteiger partial charge in [-0.05, 0) is 12.8 Å². The Bertz CT molecular complexity index is 429. The largest absolute Gasteiger partial charge is 0.469 e. The molecule has 0 aromatic carbocycles.